The van der Waals surface area contributed by atoms with Crippen LogP contribution in [0.3, 0.4) is 0 Å². The van der Waals surface area contributed by atoms with E-state index in [1.54, 1.807) is 0 Å². The molecule has 0 aliphatic heterocycles. The van der Waals surface area contributed by atoms with Crippen LogP contribution in [0.5, 0.6) is 0 Å². The van der Waals surface area contributed by atoms with Gasteiger partial charge in [0.15, 0.2) is 0 Å². The number of hydrogen-bond donors (Lipinski definition) is 0. The number of nitrogens with zero attached hydrogens (tertiary/aromatic N) is 1. The molecule has 1 aromatic carbocycles. The molecule has 0 amide bonds. The number of carbonyl (C=O) groups excluding carboxylic acids is 1. The molecule has 0 bridgehead atoms. The van der Waals surface area contributed by atoms with E-state index in [-0.39, 0.29) is 5.56 Å². The summed E-state index contributed by atoms with van der Waals surface area (Å²) in [6, 6.07) is 1.81. The van der Waals surface area contributed by atoms with Crippen molar-refractivity contribution in [3.63, 3.8) is 0 Å². The number of nitro benzene ring substituents is 1. The zero-order chi connectivity index (χ0) is 11.6. The second-order valence-corrected chi connectivity index (χ2v) is 2.87. The largest absolute Gasteiger partial charge is 0.465 e. The molecule has 0 aliphatic carbocycles. The van der Waals surface area contributed by atoms with Crippen molar-refractivity contribution in [2.75, 3.05) is 7.11 Å². The lowest BCUT2D eigenvalue weighted by Crippen LogP contribution is -2.06. The van der Waals surface area contributed by atoms with Crippen molar-refractivity contribution in [3.05, 3.63) is 39.2 Å². The average molecular weight is 213 g/mol. The summed E-state index contributed by atoms with van der Waals surface area (Å²) < 4.78 is 17.5. The zero-order valence-electron chi connectivity index (χ0n) is 8.11. The highest BCUT2D eigenvalue weighted by Crippen LogP contribution is 2.22. The molecule has 0 atom stereocenters. The van der Waals surface area contributed by atoms with Crippen LogP contribution in [0.2, 0.25) is 0 Å². The number of halogens is 1. The quantitative estimate of drug-likeness (QED) is 0.427. The Morgan fingerprint density at radius 3 is 2.60 bits per heavy atom. The number of methoxy groups -OCH3 is 1. The zero-order valence-corrected chi connectivity index (χ0v) is 8.11. The summed E-state index contributed by atoms with van der Waals surface area (Å²) in [4.78, 5) is 20.6. The molecule has 0 heterocycles. The van der Waals surface area contributed by atoms with Crippen LogP contribution in [0.15, 0.2) is 12.1 Å². The summed E-state index contributed by atoms with van der Waals surface area (Å²) in [5.41, 5.74) is -0.365. The van der Waals surface area contributed by atoms with E-state index in [1.165, 1.54) is 6.92 Å². The van der Waals surface area contributed by atoms with Crippen molar-refractivity contribution in [1.82, 2.24) is 0 Å². The lowest BCUT2D eigenvalue weighted by atomic mass is 10.1. The van der Waals surface area contributed by atoms with Gasteiger partial charge < -0.3 is 4.74 Å². The van der Waals surface area contributed by atoms with Crippen LogP contribution in [-0.2, 0) is 4.74 Å². The lowest BCUT2D eigenvalue weighted by Gasteiger charge is -2.03. The minimum atomic E-state index is -1.05. The monoisotopic (exact) mass is 213 g/mol. The normalized spacial score (nSPS) is 9.80. The van der Waals surface area contributed by atoms with Gasteiger partial charge >= 0.3 is 11.7 Å². The molecule has 1 aromatic rings. The molecular weight excluding hydrogens is 205 g/mol. The van der Waals surface area contributed by atoms with Gasteiger partial charge in [-0.05, 0) is 18.6 Å². The number of nitro groups is 1. The van der Waals surface area contributed by atoms with Gasteiger partial charge in [-0.1, -0.05) is 0 Å². The molecule has 0 spiro atoms. The van der Waals surface area contributed by atoms with Gasteiger partial charge in [-0.15, -0.1) is 0 Å². The topological polar surface area (TPSA) is 69.4 Å². The second-order valence-electron chi connectivity index (χ2n) is 2.87. The predicted octanol–water partition coefficient (Wildman–Crippen LogP) is 1.83. The molecular formula is C9H8FNO4. The summed E-state index contributed by atoms with van der Waals surface area (Å²) >= 11 is 0. The van der Waals surface area contributed by atoms with Crippen molar-refractivity contribution in [2.24, 2.45) is 0 Å². The van der Waals surface area contributed by atoms with E-state index in [0.29, 0.717) is 5.56 Å². The molecule has 0 radical (unpaired) electrons. The summed E-state index contributed by atoms with van der Waals surface area (Å²) in [5, 5.41) is 10.4. The third-order valence-corrected chi connectivity index (χ3v) is 1.90. The maximum Gasteiger partial charge on any atom is 0.338 e. The number of benzene rings is 1. The van der Waals surface area contributed by atoms with Crippen molar-refractivity contribution < 1.29 is 18.8 Å². The first-order valence-electron chi connectivity index (χ1n) is 4.00. The molecule has 6 heteroatoms. The van der Waals surface area contributed by atoms with Gasteiger partial charge in [-0.3, -0.25) is 10.1 Å². The van der Waals surface area contributed by atoms with E-state index in [2.05, 4.69) is 4.74 Å². The Hall–Kier alpha value is -1.98. The standard InChI is InChI=1S/C9H8FNO4/c1-5-3-8(11(13)14)7(10)4-6(5)9(12)15-2/h3-4H,1-2H3. The highest BCUT2D eigenvalue weighted by molar-refractivity contribution is 5.91. The molecule has 5 nitrogen and oxygen atoms in total. The molecule has 80 valence electrons. The van der Waals surface area contributed by atoms with Crippen molar-refractivity contribution >= 4 is 11.7 Å². The highest BCUT2D eigenvalue weighted by atomic mass is 19.1. The van der Waals surface area contributed by atoms with Crippen LogP contribution in [0.25, 0.3) is 0 Å². The van der Waals surface area contributed by atoms with Crippen molar-refractivity contribution in [1.29, 1.82) is 0 Å². The first-order valence-corrected chi connectivity index (χ1v) is 4.00. The summed E-state index contributed by atoms with van der Waals surface area (Å²) in [5.74, 6) is -1.77. The van der Waals surface area contributed by atoms with Crippen LogP contribution in [0, 0.1) is 22.9 Å². The Kier molecular flexibility index (Phi) is 2.99. The van der Waals surface area contributed by atoms with Crippen LogP contribution >= 0.6 is 0 Å². The lowest BCUT2D eigenvalue weighted by molar-refractivity contribution is -0.387. The van der Waals surface area contributed by atoms with Crippen LogP contribution < -0.4 is 0 Å². The molecule has 1 rings (SSSR count). The second kappa shape index (κ2) is 4.04. The number of ether oxygens (including phenoxy) is 1. The van der Waals surface area contributed by atoms with E-state index in [1.807, 2.05) is 0 Å². The van der Waals surface area contributed by atoms with Crippen molar-refractivity contribution in [3.8, 4) is 0 Å². The Labute approximate surface area is 84.6 Å². The van der Waals surface area contributed by atoms with Crippen LogP contribution in [-0.4, -0.2) is 18.0 Å². The SMILES string of the molecule is COC(=O)c1cc(F)c([N+](=O)[O-])cc1C. The van der Waals surface area contributed by atoms with Crippen LogP contribution in [0.4, 0.5) is 10.1 Å². The Bertz CT molecular complexity index is 430. The van der Waals surface area contributed by atoms with Gasteiger partial charge in [0.2, 0.25) is 5.82 Å². The van der Waals surface area contributed by atoms with Crippen LogP contribution in [0.1, 0.15) is 15.9 Å². The van der Waals surface area contributed by atoms with Gasteiger partial charge in [0.25, 0.3) is 0 Å². The first-order chi connectivity index (χ1) is 6.97. The van der Waals surface area contributed by atoms with Gasteiger partial charge in [-0.2, -0.15) is 4.39 Å². The smallest absolute Gasteiger partial charge is 0.338 e. The van der Waals surface area contributed by atoms with Gasteiger partial charge in [0.05, 0.1) is 17.6 Å². The molecule has 0 saturated heterocycles. The first kappa shape index (κ1) is 11.1. The van der Waals surface area contributed by atoms with Gasteiger partial charge in [0, 0.05) is 6.07 Å². The number of esters is 1. The fraction of sp³-hybridized carbons (Fsp3) is 0.222. The molecule has 0 N–H and O–H groups in total. The third kappa shape index (κ3) is 2.09. The minimum Gasteiger partial charge on any atom is -0.465 e. The summed E-state index contributed by atoms with van der Waals surface area (Å²) in [7, 11) is 1.15. The number of carbonyl (C=O) groups is 1. The molecule has 15 heavy (non-hydrogen) atoms. The molecule has 0 unspecified atom stereocenters. The number of aryl methyl sites for hydroxylation is 1. The van der Waals surface area contributed by atoms with Crippen molar-refractivity contribution in [2.45, 2.75) is 6.92 Å². The van der Waals surface area contributed by atoms with E-state index in [4.69, 9.17) is 0 Å². The Balaban J connectivity index is 3.31. The van der Waals surface area contributed by atoms with Gasteiger partial charge in [-0.25, -0.2) is 4.79 Å². The molecule has 0 fully saturated rings. The summed E-state index contributed by atoms with van der Waals surface area (Å²) in [6.07, 6.45) is 0. The van der Waals surface area contributed by atoms with E-state index in [9.17, 15) is 19.3 Å². The maximum atomic E-state index is 13.1. The summed E-state index contributed by atoms with van der Waals surface area (Å²) in [6.45, 7) is 1.47. The fourth-order valence-electron chi connectivity index (χ4n) is 1.14. The Morgan fingerprint density at radius 1 is 1.53 bits per heavy atom. The number of hydrogen-bond acceptors (Lipinski definition) is 4. The fourth-order valence-corrected chi connectivity index (χ4v) is 1.14. The van der Waals surface area contributed by atoms with E-state index in [0.717, 1.165) is 19.2 Å². The molecule has 0 saturated carbocycles. The average Bonchev–Trinajstić information content (AvgIpc) is 2.19. The predicted molar refractivity (Wildman–Crippen MR) is 49.1 cm³/mol. The third-order valence-electron chi connectivity index (χ3n) is 1.90. The van der Waals surface area contributed by atoms with Gasteiger partial charge in [0.1, 0.15) is 0 Å². The van der Waals surface area contributed by atoms with E-state index >= 15 is 0 Å². The maximum absolute atomic E-state index is 13.1. The molecule has 0 aliphatic rings. The Morgan fingerprint density at radius 2 is 2.13 bits per heavy atom. The van der Waals surface area contributed by atoms with E-state index < -0.39 is 22.4 Å². The highest BCUT2D eigenvalue weighted by Gasteiger charge is 2.19. The minimum absolute atomic E-state index is 0.0133. The molecule has 0 aromatic heterocycles. The number of rotatable bonds is 2.